The molecule has 3 aromatic rings. The summed E-state index contributed by atoms with van der Waals surface area (Å²) in [5.74, 6) is 0.441. The molecule has 1 aromatic heterocycles. The molecule has 0 aliphatic rings. The van der Waals surface area contributed by atoms with Crippen LogP contribution in [0, 0.1) is 0 Å². The van der Waals surface area contributed by atoms with Crippen LogP contribution in [-0.4, -0.2) is 33.3 Å². The summed E-state index contributed by atoms with van der Waals surface area (Å²) in [5.41, 5.74) is 1.92. The quantitative estimate of drug-likeness (QED) is 0.532. The van der Waals surface area contributed by atoms with Crippen molar-refractivity contribution in [1.29, 1.82) is 0 Å². The summed E-state index contributed by atoms with van der Waals surface area (Å²) < 4.78 is 6.59. The molecule has 1 atom stereocenters. The number of hydrogen-bond acceptors (Lipinski definition) is 5. The standard InChI is InChI=1S/C19H18BrN3O2S/c1-13(18(24)23(2)12-14-8-4-3-5-9-14)26-19-22-21-17(25-19)15-10-6-7-11-16(15)20/h3-11,13H,12H2,1-2H3. The maximum Gasteiger partial charge on any atom is 0.277 e. The molecule has 2 aromatic carbocycles. The fourth-order valence-corrected chi connectivity index (χ4v) is 3.70. The summed E-state index contributed by atoms with van der Waals surface area (Å²) in [7, 11) is 1.80. The van der Waals surface area contributed by atoms with Gasteiger partial charge in [0.15, 0.2) is 0 Å². The first kappa shape index (κ1) is 18.7. The molecule has 0 aliphatic heterocycles. The van der Waals surface area contributed by atoms with Crippen LogP contribution in [0.1, 0.15) is 12.5 Å². The van der Waals surface area contributed by atoms with E-state index in [1.165, 1.54) is 11.8 Å². The zero-order valence-corrected chi connectivity index (χ0v) is 16.8. The van der Waals surface area contributed by atoms with Crippen LogP contribution in [0.25, 0.3) is 11.5 Å². The monoisotopic (exact) mass is 431 g/mol. The largest absolute Gasteiger partial charge is 0.411 e. The van der Waals surface area contributed by atoms with E-state index in [4.69, 9.17) is 4.42 Å². The van der Waals surface area contributed by atoms with Gasteiger partial charge in [-0.3, -0.25) is 4.79 Å². The highest BCUT2D eigenvalue weighted by Crippen LogP contribution is 2.30. The summed E-state index contributed by atoms with van der Waals surface area (Å²) in [6, 6.07) is 17.5. The molecule has 0 bridgehead atoms. The van der Waals surface area contributed by atoms with Gasteiger partial charge in [-0.05, 0) is 40.5 Å². The molecule has 3 rings (SSSR count). The van der Waals surface area contributed by atoms with Gasteiger partial charge in [-0.2, -0.15) is 0 Å². The van der Waals surface area contributed by atoms with E-state index in [2.05, 4.69) is 26.1 Å². The van der Waals surface area contributed by atoms with E-state index in [0.29, 0.717) is 17.7 Å². The Balaban J connectivity index is 1.63. The van der Waals surface area contributed by atoms with Crippen molar-refractivity contribution in [3.05, 3.63) is 64.6 Å². The van der Waals surface area contributed by atoms with Crippen molar-refractivity contribution in [1.82, 2.24) is 15.1 Å². The molecular formula is C19H18BrN3O2S. The lowest BCUT2D eigenvalue weighted by Gasteiger charge is -2.20. The Hall–Kier alpha value is -2.12. The molecule has 0 spiro atoms. The Morgan fingerprint density at radius 3 is 2.58 bits per heavy atom. The molecule has 0 radical (unpaired) electrons. The fraction of sp³-hybridized carbons (Fsp3) is 0.211. The maximum absolute atomic E-state index is 12.6. The van der Waals surface area contributed by atoms with E-state index in [1.807, 2.05) is 61.5 Å². The molecule has 1 heterocycles. The van der Waals surface area contributed by atoms with E-state index >= 15 is 0 Å². The number of halogens is 1. The first-order valence-corrected chi connectivity index (χ1v) is 9.76. The molecule has 0 aliphatic carbocycles. The lowest BCUT2D eigenvalue weighted by Crippen LogP contribution is -2.32. The van der Waals surface area contributed by atoms with Gasteiger partial charge in [-0.1, -0.05) is 54.2 Å². The molecule has 0 N–H and O–H groups in total. The van der Waals surface area contributed by atoms with E-state index < -0.39 is 0 Å². The van der Waals surface area contributed by atoms with Crippen molar-refractivity contribution in [3.63, 3.8) is 0 Å². The smallest absolute Gasteiger partial charge is 0.277 e. The molecule has 0 saturated heterocycles. The zero-order chi connectivity index (χ0) is 18.5. The van der Waals surface area contributed by atoms with E-state index in [-0.39, 0.29) is 11.2 Å². The predicted molar refractivity (Wildman–Crippen MR) is 106 cm³/mol. The number of carbonyl (C=O) groups is 1. The number of thioether (sulfide) groups is 1. The molecule has 134 valence electrons. The number of amides is 1. The van der Waals surface area contributed by atoms with Gasteiger partial charge in [-0.25, -0.2) is 0 Å². The van der Waals surface area contributed by atoms with Crippen LogP contribution in [0.3, 0.4) is 0 Å². The first-order chi connectivity index (χ1) is 12.5. The summed E-state index contributed by atoms with van der Waals surface area (Å²) in [4.78, 5) is 14.3. The average molecular weight is 432 g/mol. The van der Waals surface area contributed by atoms with Gasteiger partial charge in [0.2, 0.25) is 11.8 Å². The van der Waals surface area contributed by atoms with E-state index in [9.17, 15) is 4.79 Å². The van der Waals surface area contributed by atoms with E-state index in [0.717, 1.165) is 15.6 Å². The highest BCUT2D eigenvalue weighted by Gasteiger charge is 2.22. The van der Waals surface area contributed by atoms with Crippen LogP contribution in [0.15, 0.2) is 68.7 Å². The second-order valence-corrected chi connectivity index (χ2v) is 7.94. The van der Waals surface area contributed by atoms with Crippen LogP contribution in [-0.2, 0) is 11.3 Å². The van der Waals surface area contributed by atoms with Gasteiger partial charge in [0, 0.05) is 18.1 Å². The van der Waals surface area contributed by atoms with Gasteiger partial charge in [0.05, 0.1) is 10.8 Å². The van der Waals surface area contributed by atoms with Crippen molar-refractivity contribution in [2.45, 2.75) is 23.9 Å². The van der Waals surface area contributed by atoms with Crippen LogP contribution < -0.4 is 0 Å². The zero-order valence-electron chi connectivity index (χ0n) is 14.4. The highest BCUT2D eigenvalue weighted by molar-refractivity contribution is 9.10. The van der Waals surface area contributed by atoms with Gasteiger partial charge in [0.25, 0.3) is 5.22 Å². The maximum atomic E-state index is 12.6. The predicted octanol–water partition coefficient (Wildman–Crippen LogP) is 4.64. The summed E-state index contributed by atoms with van der Waals surface area (Å²) in [6.45, 7) is 2.41. The molecule has 0 fully saturated rings. The molecule has 26 heavy (non-hydrogen) atoms. The van der Waals surface area contributed by atoms with E-state index in [1.54, 1.807) is 11.9 Å². The van der Waals surface area contributed by atoms with Crippen molar-refractivity contribution in [2.75, 3.05) is 7.05 Å². The lowest BCUT2D eigenvalue weighted by molar-refractivity contribution is -0.129. The van der Waals surface area contributed by atoms with Gasteiger partial charge in [-0.15, -0.1) is 10.2 Å². The van der Waals surface area contributed by atoms with Crippen LogP contribution >= 0.6 is 27.7 Å². The summed E-state index contributed by atoms with van der Waals surface area (Å²) >= 11 is 4.74. The van der Waals surface area contributed by atoms with Crippen LogP contribution in [0.2, 0.25) is 0 Å². The third-order valence-corrected chi connectivity index (χ3v) is 5.39. The Labute approximate surface area is 164 Å². The minimum atomic E-state index is -0.323. The van der Waals surface area contributed by atoms with Crippen molar-refractivity contribution < 1.29 is 9.21 Å². The van der Waals surface area contributed by atoms with Gasteiger partial charge < -0.3 is 9.32 Å². The molecular weight excluding hydrogens is 414 g/mol. The number of rotatable bonds is 6. The topological polar surface area (TPSA) is 59.2 Å². The van der Waals surface area contributed by atoms with Gasteiger partial charge >= 0.3 is 0 Å². The third-order valence-electron chi connectivity index (χ3n) is 3.77. The molecule has 1 amide bonds. The van der Waals surface area contributed by atoms with Crippen molar-refractivity contribution in [3.8, 4) is 11.5 Å². The fourth-order valence-electron chi connectivity index (χ4n) is 2.45. The lowest BCUT2D eigenvalue weighted by atomic mass is 10.2. The number of carbonyl (C=O) groups excluding carboxylic acids is 1. The normalized spacial score (nSPS) is 12.0. The number of nitrogens with zero attached hydrogens (tertiary/aromatic N) is 3. The van der Waals surface area contributed by atoms with Crippen molar-refractivity contribution >= 4 is 33.6 Å². The third kappa shape index (κ3) is 4.53. The van der Waals surface area contributed by atoms with Crippen LogP contribution in [0.4, 0.5) is 0 Å². The SMILES string of the molecule is CC(Sc1nnc(-c2ccccc2Br)o1)C(=O)N(C)Cc1ccccc1. The summed E-state index contributed by atoms with van der Waals surface area (Å²) in [6.07, 6.45) is 0. The number of benzene rings is 2. The Kier molecular flexibility index (Phi) is 6.11. The molecule has 5 nitrogen and oxygen atoms in total. The number of aromatic nitrogens is 2. The second kappa shape index (κ2) is 8.51. The molecule has 0 saturated carbocycles. The first-order valence-electron chi connectivity index (χ1n) is 8.08. The average Bonchev–Trinajstić information content (AvgIpc) is 3.10. The molecule has 1 unspecified atom stereocenters. The summed E-state index contributed by atoms with van der Waals surface area (Å²) in [5, 5.41) is 8.19. The Bertz CT molecular complexity index is 885. The van der Waals surface area contributed by atoms with Gasteiger partial charge in [0.1, 0.15) is 0 Å². The minimum absolute atomic E-state index is 0.0134. The number of hydrogen-bond donors (Lipinski definition) is 0. The van der Waals surface area contributed by atoms with Crippen LogP contribution in [0.5, 0.6) is 0 Å². The van der Waals surface area contributed by atoms with Crippen molar-refractivity contribution in [2.24, 2.45) is 0 Å². The Morgan fingerprint density at radius 1 is 1.15 bits per heavy atom. The Morgan fingerprint density at radius 2 is 1.85 bits per heavy atom. The minimum Gasteiger partial charge on any atom is -0.411 e. The molecule has 7 heteroatoms. The highest BCUT2D eigenvalue weighted by atomic mass is 79.9. The second-order valence-electron chi connectivity index (χ2n) is 5.79.